The van der Waals surface area contributed by atoms with Crippen molar-refractivity contribution in [1.29, 1.82) is 0 Å². The van der Waals surface area contributed by atoms with Crippen LogP contribution in [0.3, 0.4) is 0 Å². The number of hydrogen-bond donors (Lipinski definition) is 3. The second-order valence-electron chi connectivity index (χ2n) is 10.9. The van der Waals surface area contributed by atoms with Gasteiger partial charge in [0, 0.05) is 31.6 Å². The smallest absolute Gasteiger partial charge is 0.245 e. The maximum absolute atomic E-state index is 13.7. The molecule has 3 aliphatic rings. The van der Waals surface area contributed by atoms with Gasteiger partial charge in [-0.25, -0.2) is 0 Å². The van der Waals surface area contributed by atoms with E-state index in [1.54, 1.807) is 0 Å². The maximum Gasteiger partial charge on any atom is 0.245 e. The van der Waals surface area contributed by atoms with Gasteiger partial charge in [-0.15, -0.1) is 0 Å². The van der Waals surface area contributed by atoms with E-state index in [-0.39, 0.29) is 35.2 Å². The van der Waals surface area contributed by atoms with Crippen molar-refractivity contribution in [3.8, 4) is 0 Å². The molecule has 0 aromatic carbocycles. The average molecular weight is 465 g/mol. The first-order chi connectivity index (χ1) is 15.3. The lowest BCUT2D eigenvalue weighted by Gasteiger charge is -2.39. The second-order valence-corrected chi connectivity index (χ2v) is 11.4. The van der Waals surface area contributed by atoms with Crippen LogP contribution in [-0.2, 0) is 9.59 Å². The molecule has 0 aromatic heterocycles. The molecular weight excluding hydrogens is 420 g/mol. The van der Waals surface area contributed by atoms with E-state index in [0.29, 0.717) is 18.1 Å². The van der Waals surface area contributed by atoms with Gasteiger partial charge in [-0.2, -0.15) is 0 Å². The Morgan fingerprint density at radius 2 is 2.00 bits per heavy atom. The largest absolute Gasteiger partial charge is 0.367 e. The zero-order chi connectivity index (χ0) is 23.1. The van der Waals surface area contributed by atoms with E-state index in [9.17, 15) is 9.59 Å². The average Bonchev–Trinajstić information content (AvgIpc) is 3.19. The first kappa shape index (κ1) is 25.4. The molecule has 2 aliphatic heterocycles. The molecule has 2 heterocycles. The number of rotatable bonds is 7. The van der Waals surface area contributed by atoms with Crippen molar-refractivity contribution < 1.29 is 9.59 Å². The first-order valence-electron chi connectivity index (χ1n) is 12.9. The van der Waals surface area contributed by atoms with Gasteiger partial charge in [0.1, 0.15) is 6.04 Å². The highest BCUT2D eigenvalue weighted by atomic mass is 32.1. The number of carbonyl (C=O) groups is 2. The van der Waals surface area contributed by atoms with Crippen molar-refractivity contribution >= 4 is 29.0 Å². The van der Waals surface area contributed by atoms with Crippen molar-refractivity contribution in [3.05, 3.63) is 0 Å². The molecule has 1 aliphatic carbocycles. The van der Waals surface area contributed by atoms with Gasteiger partial charge in [-0.1, -0.05) is 58.7 Å². The Labute approximate surface area is 200 Å². The molecule has 7 heteroatoms. The standard InChI is InChI=1S/C25H44N4O2S/c1-4-5-9-18-14-19(15-18)23(30)27-16-20-10-8-13-29(20)24(31)22-25(2,3)11-6-7-12-26-17-21(32)28-22/h18-20,22,26H,4-17H2,1-3H3,(H,27,30)(H,28,32)/t18?,19?,20?,22-/m1/s1. The number of nitrogens with one attached hydrogen (secondary N) is 3. The minimum atomic E-state index is -0.322. The van der Waals surface area contributed by atoms with Crippen molar-refractivity contribution in [2.45, 2.75) is 97.1 Å². The van der Waals surface area contributed by atoms with Gasteiger partial charge < -0.3 is 20.9 Å². The lowest BCUT2D eigenvalue weighted by atomic mass is 9.72. The molecular formula is C25H44N4O2S. The maximum atomic E-state index is 13.7. The zero-order valence-corrected chi connectivity index (χ0v) is 21.2. The van der Waals surface area contributed by atoms with Crippen LogP contribution in [-0.4, -0.2) is 60.0 Å². The fourth-order valence-electron chi connectivity index (χ4n) is 5.53. The molecule has 3 N–H and O–H groups in total. The van der Waals surface area contributed by atoms with Gasteiger partial charge in [0.15, 0.2) is 0 Å². The predicted octanol–water partition coefficient (Wildman–Crippen LogP) is 3.40. The highest BCUT2D eigenvalue weighted by molar-refractivity contribution is 7.80. The van der Waals surface area contributed by atoms with Crippen molar-refractivity contribution in [3.63, 3.8) is 0 Å². The Morgan fingerprint density at radius 1 is 1.22 bits per heavy atom. The number of nitrogens with zero attached hydrogens (tertiary/aromatic N) is 1. The molecule has 6 nitrogen and oxygen atoms in total. The van der Waals surface area contributed by atoms with Crippen LogP contribution in [0.2, 0.25) is 0 Å². The van der Waals surface area contributed by atoms with Crippen LogP contribution >= 0.6 is 12.2 Å². The minimum Gasteiger partial charge on any atom is -0.367 e. The van der Waals surface area contributed by atoms with Gasteiger partial charge in [-0.3, -0.25) is 9.59 Å². The summed E-state index contributed by atoms with van der Waals surface area (Å²) in [4.78, 5) is 29.0. The number of amides is 2. The lowest BCUT2D eigenvalue weighted by molar-refractivity contribution is -0.137. The molecule has 0 radical (unpaired) electrons. The summed E-state index contributed by atoms with van der Waals surface area (Å²) >= 11 is 5.53. The molecule has 2 atom stereocenters. The molecule has 0 bridgehead atoms. The third-order valence-corrected chi connectivity index (χ3v) is 8.05. The van der Waals surface area contributed by atoms with E-state index >= 15 is 0 Å². The highest BCUT2D eigenvalue weighted by Gasteiger charge is 2.41. The number of likely N-dealkylation sites (tertiary alicyclic amines) is 1. The monoisotopic (exact) mass is 464 g/mol. The molecule has 0 spiro atoms. The third-order valence-electron chi connectivity index (χ3n) is 7.79. The molecule has 32 heavy (non-hydrogen) atoms. The molecule has 1 saturated carbocycles. The fraction of sp³-hybridized carbons (Fsp3) is 0.880. The van der Waals surface area contributed by atoms with E-state index in [4.69, 9.17) is 12.2 Å². The van der Waals surface area contributed by atoms with E-state index < -0.39 is 0 Å². The number of unbranched alkanes of at least 4 members (excludes halogenated alkanes) is 1. The van der Waals surface area contributed by atoms with Crippen molar-refractivity contribution in [2.75, 3.05) is 26.2 Å². The Hall–Kier alpha value is -1.21. The molecule has 2 amide bonds. The molecule has 1 unspecified atom stereocenters. The van der Waals surface area contributed by atoms with E-state index in [0.717, 1.165) is 64.0 Å². The number of carbonyl (C=O) groups excluding carboxylic acids is 2. The zero-order valence-electron chi connectivity index (χ0n) is 20.4. The summed E-state index contributed by atoms with van der Waals surface area (Å²) in [6, 6.07) is -0.237. The van der Waals surface area contributed by atoms with Gasteiger partial charge in [0.25, 0.3) is 0 Å². The molecule has 2 saturated heterocycles. The third kappa shape index (κ3) is 6.66. The van der Waals surface area contributed by atoms with Crippen LogP contribution in [0, 0.1) is 17.3 Å². The van der Waals surface area contributed by atoms with Crippen LogP contribution < -0.4 is 16.0 Å². The summed E-state index contributed by atoms with van der Waals surface area (Å²) in [6.45, 7) is 9.50. The van der Waals surface area contributed by atoms with Gasteiger partial charge in [0.05, 0.1) is 4.99 Å². The SMILES string of the molecule is CCCCC1CC(C(=O)NCC2CCCN2C(=O)[C@H]2NC(=S)CNCCCCC2(C)C)C1. The van der Waals surface area contributed by atoms with Crippen LogP contribution in [0.25, 0.3) is 0 Å². The molecule has 3 rings (SSSR count). The van der Waals surface area contributed by atoms with Crippen molar-refractivity contribution in [2.24, 2.45) is 17.3 Å². The summed E-state index contributed by atoms with van der Waals surface area (Å²) in [5.41, 5.74) is -0.172. The quantitative estimate of drug-likeness (QED) is 0.504. The Bertz CT molecular complexity index is 662. The fourth-order valence-corrected chi connectivity index (χ4v) is 5.75. The van der Waals surface area contributed by atoms with Crippen LogP contribution in [0.5, 0.6) is 0 Å². The summed E-state index contributed by atoms with van der Waals surface area (Å²) < 4.78 is 0. The molecule has 3 fully saturated rings. The summed E-state index contributed by atoms with van der Waals surface area (Å²) in [6.07, 6.45) is 10.9. The van der Waals surface area contributed by atoms with Gasteiger partial charge in [0.2, 0.25) is 11.8 Å². The molecule has 182 valence electrons. The number of hydrogen-bond acceptors (Lipinski definition) is 4. The molecule has 0 aromatic rings. The lowest BCUT2D eigenvalue weighted by Crippen LogP contribution is -2.58. The minimum absolute atomic E-state index is 0.0853. The van der Waals surface area contributed by atoms with Gasteiger partial charge in [-0.05, 0) is 56.4 Å². The summed E-state index contributed by atoms with van der Waals surface area (Å²) in [5.74, 6) is 1.22. The normalized spacial score (nSPS) is 30.8. The summed E-state index contributed by atoms with van der Waals surface area (Å²) in [7, 11) is 0. The van der Waals surface area contributed by atoms with Crippen LogP contribution in [0.15, 0.2) is 0 Å². The summed E-state index contributed by atoms with van der Waals surface area (Å²) in [5, 5.41) is 9.92. The van der Waals surface area contributed by atoms with Gasteiger partial charge >= 0.3 is 0 Å². The van der Waals surface area contributed by atoms with Crippen LogP contribution in [0.1, 0.15) is 85.0 Å². The van der Waals surface area contributed by atoms with Crippen molar-refractivity contribution in [1.82, 2.24) is 20.9 Å². The van der Waals surface area contributed by atoms with Crippen LogP contribution in [0.4, 0.5) is 0 Å². The first-order valence-corrected chi connectivity index (χ1v) is 13.3. The Kier molecular flexibility index (Phi) is 9.35. The highest BCUT2D eigenvalue weighted by Crippen LogP contribution is 2.37. The second kappa shape index (κ2) is 11.8. The topological polar surface area (TPSA) is 73.5 Å². The van der Waals surface area contributed by atoms with E-state index in [1.165, 1.54) is 19.3 Å². The predicted molar refractivity (Wildman–Crippen MR) is 134 cm³/mol. The Morgan fingerprint density at radius 3 is 2.75 bits per heavy atom. The van der Waals surface area contributed by atoms with E-state index in [1.807, 2.05) is 4.90 Å². The number of thiocarbonyl (C=S) groups is 1. The van der Waals surface area contributed by atoms with E-state index in [2.05, 4.69) is 36.7 Å². The Balaban J connectivity index is 1.55.